The third-order valence-corrected chi connectivity index (χ3v) is 4.38. The van der Waals surface area contributed by atoms with Crippen molar-refractivity contribution in [3.05, 3.63) is 23.2 Å². The fourth-order valence-corrected chi connectivity index (χ4v) is 2.99. The minimum atomic E-state index is -0.800. The van der Waals surface area contributed by atoms with E-state index in [-0.39, 0.29) is 16.7 Å². The lowest BCUT2D eigenvalue weighted by molar-refractivity contribution is 0.0554. The molecule has 172 valence electrons. The van der Waals surface area contributed by atoms with Crippen molar-refractivity contribution in [3.8, 4) is 5.75 Å². The molecule has 1 aromatic carbocycles. The molecule has 10 heteroatoms. The van der Waals surface area contributed by atoms with Crippen LogP contribution in [0.15, 0.2) is 23.2 Å². The number of nitrogens with zero attached hydrogens (tertiary/aromatic N) is 3. The molecular formula is C21H31ClN4O5. The highest BCUT2D eigenvalue weighted by Gasteiger charge is 2.26. The predicted octanol–water partition coefficient (Wildman–Crippen LogP) is 3.98. The van der Waals surface area contributed by atoms with E-state index in [1.165, 1.54) is 0 Å². The molecule has 0 bridgehead atoms. The van der Waals surface area contributed by atoms with Gasteiger partial charge in [0.05, 0.1) is 5.02 Å². The molecule has 1 heterocycles. The molecule has 1 aliphatic heterocycles. The number of aromatic hydroxyl groups is 1. The van der Waals surface area contributed by atoms with E-state index in [0.717, 1.165) is 5.69 Å². The molecule has 1 aromatic rings. The predicted molar refractivity (Wildman–Crippen MR) is 120 cm³/mol. The molecule has 0 spiro atoms. The highest BCUT2D eigenvalue weighted by atomic mass is 35.5. The molecule has 0 unspecified atom stereocenters. The van der Waals surface area contributed by atoms with Gasteiger partial charge in [-0.3, -0.25) is 5.32 Å². The second-order valence-corrected chi connectivity index (χ2v) is 9.56. The second kappa shape index (κ2) is 9.64. The van der Waals surface area contributed by atoms with Crippen LogP contribution in [-0.4, -0.2) is 65.5 Å². The summed E-state index contributed by atoms with van der Waals surface area (Å²) in [4.78, 5) is 32.4. The van der Waals surface area contributed by atoms with Crippen molar-refractivity contribution in [2.24, 2.45) is 4.99 Å². The molecule has 0 aromatic heterocycles. The number of ether oxygens (including phenoxy) is 2. The van der Waals surface area contributed by atoms with E-state index >= 15 is 0 Å². The minimum Gasteiger partial charge on any atom is -0.506 e. The first-order valence-corrected chi connectivity index (χ1v) is 10.4. The summed E-state index contributed by atoms with van der Waals surface area (Å²) in [6.45, 7) is 12.6. The van der Waals surface area contributed by atoms with Crippen LogP contribution in [0.25, 0.3) is 0 Å². The molecule has 9 nitrogen and oxygen atoms in total. The Morgan fingerprint density at radius 2 is 1.61 bits per heavy atom. The number of aliphatic imine (C=N–C) groups is 1. The van der Waals surface area contributed by atoms with Gasteiger partial charge in [0.2, 0.25) is 5.96 Å². The van der Waals surface area contributed by atoms with Crippen LogP contribution in [0.2, 0.25) is 5.02 Å². The molecule has 2 amide bonds. The average molecular weight is 455 g/mol. The number of carbonyl (C=O) groups is 2. The number of guanidine groups is 1. The Morgan fingerprint density at radius 1 is 1.03 bits per heavy atom. The zero-order valence-corrected chi connectivity index (χ0v) is 19.6. The highest BCUT2D eigenvalue weighted by molar-refractivity contribution is 6.32. The maximum absolute atomic E-state index is 12.3. The molecular weight excluding hydrogens is 424 g/mol. The number of hydrogen-bond acceptors (Lipinski definition) is 6. The third kappa shape index (κ3) is 8.16. The number of anilines is 1. The summed E-state index contributed by atoms with van der Waals surface area (Å²) < 4.78 is 10.6. The van der Waals surface area contributed by atoms with Crippen molar-refractivity contribution >= 4 is 35.4 Å². The van der Waals surface area contributed by atoms with Gasteiger partial charge >= 0.3 is 12.2 Å². The number of piperazine rings is 1. The number of rotatable bonds is 1. The van der Waals surface area contributed by atoms with Crippen molar-refractivity contribution in [1.82, 2.24) is 10.2 Å². The van der Waals surface area contributed by atoms with Crippen LogP contribution in [0.5, 0.6) is 5.75 Å². The van der Waals surface area contributed by atoms with E-state index in [1.807, 2.05) is 0 Å². The van der Waals surface area contributed by atoms with Gasteiger partial charge in [-0.1, -0.05) is 11.6 Å². The largest absolute Gasteiger partial charge is 0.506 e. The minimum absolute atomic E-state index is 0.0254. The third-order valence-electron chi connectivity index (χ3n) is 4.08. The number of benzene rings is 1. The van der Waals surface area contributed by atoms with Gasteiger partial charge < -0.3 is 24.4 Å². The summed E-state index contributed by atoms with van der Waals surface area (Å²) >= 11 is 6.01. The van der Waals surface area contributed by atoms with Gasteiger partial charge in [-0.25, -0.2) is 9.59 Å². The van der Waals surface area contributed by atoms with Gasteiger partial charge in [-0.05, 0) is 59.7 Å². The van der Waals surface area contributed by atoms with Crippen LogP contribution in [0.3, 0.4) is 0 Å². The summed E-state index contributed by atoms with van der Waals surface area (Å²) in [5.41, 5.74) is -0.542. The van der Waals surface area contributed by atoms with Crippen LogP contribution in [0.1, 0.15) is 41.5 Å². The number of carbonyl (C=O) groups excluding carboxylic acids is 2. The van der Waals surface area contributed by atoms with E-state index in [4.69, 9.17) is 21.1 Å². The van der Waals surface area contributed by atoms with Gasteiger partial charge in [0.1, 0.15) is 17.0 Å². The summed E-state index contributed by atoms with van der Waals surface area (Å²) in [5, 5.41) is 12.5. The van der Waals surface area contributed by atoms with E-state index in [1.54, 1.807) is 64.6 Å². The van der Waals surface area contributed by atoms with Gasteiger partial charge in [-0.15, -0.1) is 4.99 Å². The summed E-state index contributed by atoms with van der Waals surface area (Å²) in [5.74, 6) is 0.101. The number of halogens is 1. The van der Waals surface area contributed by atoms with Crippen molar-refractivity contribution in [1.29, 1.82) is 0 Å². The standard InChI is InChI=1S/C21H31ClN4O5/c1-20(2,3)30-18(28)23-17(24-19(29)31-21(4,5)6)26-11-9-25(10-12-26)14-7-8-16(27)15(22)13-14/h7-8,13,27H,9-12H2,1-6H3,(H,23,24,28,29). The van der Waals surface area contributed by atoms with Crippen LogP contribution < -0.4 is 10.2 Å². The van der Waals surface area contributed by atoms with E-state index in [2.05, 4.69) is 15.2 Å². The molecule has 0 aliphatic carbocycles. The van der Waals surface area contributed by atoms with Crippen molar-refractivity contribution in [3.63, 3.8) is 0 Å². The highest BCUT2D eigenvalue weighted by Crippen LogP contribution is 2.28. The number of phenolic OH excluding ortho intramolecular Hbond substituents is 1. The first kappa shape index (κ1) is 24.6. The quantitative estimate of drug-likeness (QED) is 0.488. The van der Waals surface area contributed by atoms with Crippen LogP contribution in [0.4, 0.5) is 15.3 Å². The molecule has 0 atom stereocenters. The van der Waals surface area contributed by atoms with Crippen LogP contribution >= 0.6 is 11.6 Å². The van der Waals surface area contributed by atoms with Gasteiger partial charge in [0.15, 0.2) is 0 Å². The maximum Gasteiger partial charge on any atom is 0.437 e. The fraction of sp³-hybridized carbons (Fsp3) is 0.571. The Balaban J connectivity index is 2.13. The Kier molecular flexibility index (Phi) is 7.64. The molecule has 31 heavy (non-hydrogen) atoms. The lowest BCUT2D eigenvalue weighted by Crippen LogP contribution is -2.54. The number of hydrogen-bond donors (Lipinski definition) is 2. The van der Waals surface area contributed by atoms with E-state index in [0.29, 0.717) is 26.2 Å². The Morgan fingerprint density at radius 3 is 2.13 bits per heavy atom. The van der Waals surface area contributed by atoms with Gasteiger partial charge in [0.25, 0.3) is 0 Å². The van der Waals surface area contributed by atoms with Gasteiger partial charge in [-0.2, -0.15) is 0 Å². The summed E-state index contributed by atoms with van der Waals surface area (Å²) in [6, 6.07) is 5.02. The molecule has 0 saturated carbocycles. The molecule has 1 saturated heterocycles. The SMILES string of the molecule is CC(C)(C)OC(=O)/N=C(/NC(=O)OC(C)(C)C)N1CCN(c2ccc(O)c(Cl)c2)CC1. The lowest BCUT2D eigenvalue weighted by atomic mass is 10.2. The van der Waals surface area contributed by atoms with Crippen molar-refractivity contribution < 1.29 is 24.2 Å². The number of amides is 2. The van der Waals surface area contributed by atoms with E-state index in [9.17, 15) is 14.7 Å². The molecule has 1 fully saturated rings. The number of nitrogens with one attached hydrogen (secondary N) is 1. The fourth-order valence-electron chi connectivity index (χ4n) is 2.81. The van der Waals surface area contributed by atoms with Crippen LogP contribution in [-0.2, 0) is 9.47 Å². The first-order chi connectivity index (χ1) is 14.2. The summed E-state index contributed by atoms with van der Waals surface area (Å²) in [7, 11) is 0. The Hall–Kier alpha value is -2.68. The zero-order valence-electron chi connectivity index (χ0n) is 18.9. The number of phenols is 1. The topological polar surface area (TPSA) is 104 Å². The van der Waals surface area contributed by atoms with Gasteiger partial charge in [0, 0.05) is 31.9 Å². The maximum atomic E-state index is 12.3. The van der Waals surface area contributed by atoms with E-state index < -0.39 is 23.4 Å². The average Bonchev–Trinajstić information content (AvgIpc) is 2.60. The smallest absolute Gasteiger partial charge is 0.437 e. The number of alkyl carbamates (subject to hydrolysis) is 1. The molecule has 0 radical (unpaired) electrons. The van der Waals surface area contributed by atoms with Crippen molar-refractivity contribution in [2.75, 3.05) is 31.1 Å². The lowest BCUT2D eigenvalue weighted by Gasteiger charge is -2.37. The Labute approximate surface area is 188 Å². The second-order valence-electron chi connectivity index (χ2n) is 9.15. The first-order valence-electron chi connectivity index (χ1n) is 10.0. The molecule has 2 rings (SSSR count). The van der Waals surface area contributed by atoms with Crippen molar-refractivity contribution in [2.45, 2.75) is 52.7 Å². The molecule has 2 N–H and O–H groups in total. The zero-order chi connectivity index (χ0) is 23.4. The summed E-state index contributed by atoms with van der Waals surface area (Å²) in [6.07, 6.45) is -1.51. The van der Waals surface area contributed by atoms with Crippen LogP contribution in [0, 0.1) is 0 Å². The molecule has 1 aliphatic rings. The Bertz CT molecular complexity index is 837. The monoisotopic (exact) mass is 454 g/mol. The normalized spacial score (nSPS) is 15.5.